The molecule has 4 nitrogen and oxygen atoms in total. The first-order valence-corrected chi connectivity index (χ1v) is 19.2. The molecule has 11 aromatic rings. The van der Waals surface area contributed by atoms with Crippen molar-refractivity contribution >= 4 is 43.7 Å². The number of hydrogen-bond acceptors (Lipinski definition) is 1. The van der Waals surface area contributed by atoms with Crippen LogP contribution in [0.2, 0.25) is 0 Å². The molecule has 12 rings (SSSR count). The Morgan fingerprint density at radius 2 is 1.07 bits per heavy atom. The highest BCUT2D eigenvalue weighted by Gasteiger charge is 2.47. The number of pyridine rings is 1. The van der Waals surface area contributed by atoms with E-state index in [0.717, 1.165) is 27.9 Å². The van der Waals surface area contributed by atoms with Crippen LogP contribution in [0.15, 0.2) is 201 Å². The van der Waals surface area contributed by atoms with Crippen LogP contribution in [-0.4, -0.2) is 19.1 Å². The lowest BCUT2D eigenvalue weighted by atomic mass is 9.67. The Morgan fingerprint density at radius 1 is 0.446 bits per heavy atom. The second-order valence-electron chi connectivity index (χ2n) is 14.8. The van der Waals surface area contributed by atoms with E-state index in [1.54, 1.807) is 0 Å². The first kappa shape index (κ1) is 31.0. The Bertz CT molecular complexity index is 3180. The third-order valence-electron chi connectivity index (χ3n) is 12.1. The summed E-state index contributed by atoms with van der Waals surface area (Å²) >= 11 is 0. The van der Waals surface area contributed by atoms with Crippen molar-refractivity contribution in [1.82, 2.24) is 19.1 Å². The Hall–Kier alpha value is -7.43. The molecule has 0 bridgehead atoms. The van der Waals surface area contributed by atoms with Crippen LogP contribution >= 0.6 is 0 Å². The van der Waals surface area contributed by atoms with Crippen molar-refractivity contribution < 1.29 is 0 Å². The molecule has 1 aliphatic carbocycles. The Labute approximate surface area is 323 Å². The average molecular weight is 715 g/mol. The number of aromatic nitrogens is 4. The maximum Gasteiger partial charge on any atom is 0.123 e. The summed E-state index contributed by atoms with van der Waals surface area (Å²) in [6, 6.07) is 66.7. The summed E-state index contributed by atoms with van der Waals surface area (Å²) in [5, 5.41) is 4.84. The van der Waals surface area contributed by atoms with Gasteiger partial charge in [0.15, 0.2) is 0 Å². The Balaban J connectivity index is 1.02. The van der Waals surface area contributed by atoms with Gasteiger partial charge < -0.3 is 9.55 Å². The normalized spacial score (nSPS) is 13.1. The molecule has 4 aromatic heterocycles. The molecule has 4 heterocycles. The molecule has 0 spiro atoms. The fourth-order valence-corrected chi connectivity index (χ4v) is 9.80. The maximum atomic E-state index is 4.42. The molecule has 1 aliphatic rings. The van der Waals surface area contributed by atoms with E-state index in [2.05, 4.69) is 207 Å². The van der Waals surface area contributed by atoms with Gasteiger partial charge >= 0.3 is 0 Å². The van der Waals surface area contributed by atoms with E-state index < -0.39 is 5.41 Å². The number of hydrogen-bond donors (Lipinski definition) is 1. The molecule has 1 N–H and O–H groups in total. The molecule has 0 saturated heterocycles. The number of nitrogens with zero attached hydrogens (tertiary/aromatic N) is 3. The van der Waals surface area contributed by atoms with Gasteiger partial charge in [-0.2, -0.15) is 0 Å². The molecule has 0 atom stereocenters. The summed E-state index contributed by atoms with van der Waals surface area (Å²) in [5.41, 5.74) is 16.5. The van der Waals surface area contributed by atoms with Gasteiger partial charge in [-0.05, 0) is 81.4 Å². The summed E-state index contributed by atoms with van der Waals surface area (Å²) in [4.78, 5) is 8.04. The Morgan fingerprint density at radius 3 is 1.80 bits per heavy atom. The van der Waals surface area contributed by atoms with Gasteiger partial charge in [0.05, 0.1) is 22.0 Å². The lowest BCUT2D eigenvalue weighted by Crippen LogP contribution is -2.28. The van der Waals surface area contributed by atoms with Gasteiger partial charge in [0.25, 0.3) is 0 Å². The molecule has 0 amide bonds. The van der Waals surface area contributed by atoms with Gasteiger partial charge in [-0.1, -0.05) is 140 Å². The highest BCUT2D eigenvalue weighted by atomic mass is 15.1. The van der Waals surface area contributed by atoms with Gasteiger partial charge in [0, 0.05) is 57.1 Å². The third kappa shape index (κ3) is 4.15. The van der Waals surface area contributed by atoms with Gasteiger partial charge in [0.2, 0.25) is 0 Å². The van der Waals surface area contributed by atoms with E-state index in [1.807, 2.05) is 12.4 Å². The number of rotatable bonds is 5. The number of para-hydroxylation sites is 1. The van der Waals surface area contributed by atoms with E-state index in [4.69, 9.17) is 0 Å². The Kier molecular flexibility index (Phi) is 6.52. The van der Waals surface area contributed by atoms with Crippen LogP contribution in [0.5, 0.6) is 0 Å². The first-order chi connectivity index (χ1) is 27.8. The van der Waals surface area contributed by atoms with Crippen LogP contribution in [0, 0.1) is 0 Å². The van der Waals surface area contributed by atoms with Crippen LogP contribution in [-0.2, 0) is 5.41 Å². The standard InChI is InChI=1S/C52H34N4/c1-3-11-36(12-4-1)52(37-13-5-2-6-14-37)45-17-9-7-16-43(45)49-46(52)28-27-41-42-29-32-54-51(42)56(50(41)49)39-25-21-35(22-26-39)34-19-23-38(24-20-34)55-47-18-10-8-15-40(47)44-33-53-31-30-48(44)55/h1-33,54H. The summed E-state index contributed by atoms with van der Waals surface area (Å²) in [6.45, 7) is 0. The molecule has 0 fully saturated rings. The van der Waals surface area contributed by atoms with Gasteiger partial charge in [-0.25, -0.2) is 0 Å². The van der Waals surface area contributed by atoms with Crippen molar-refractivity contribution in [2.75, 3.05) is 0 Å². The van der Waals surface area contributed by atoms with Crippen molar-refractivity contribution in [3.8, 4) is 33.6 Å². The summed E-state index contributed by atoms with van der Waals surface area (Å²) in [5.74, 6) is 0. The zero-order valence-corrected chi connectivity index (χ0v) is 30.4. The minimum atomic E-state index is -0.461. The van der Waals surface area contributed by atoms with Crippen LogP contribution < -0.4 is 0 Å². The molecule has 56 heavy (non-hydrogen) atoms. The predicted molar refractivity (Wildman–Crippen MR) is 230 cm³/mol. The van der Waals surface area contributed by atoms with Crippen molar-refractivity contribution in [3.05, 3.63) is 223 Å². The van der Waals surface area contributed by atoms with Crippen LogP contribution in [0.25, 0.3) is 77.4 Å². The van der Waals surface area contributed by atoms with Gasteiger partial charge in [-0.3, -0.25) is 9.55 Å². The lowest BCUT2D eigenvalue weighted by Gasteiger charge is -2.33. The SMILES string of the molecule is c1ccc(C2(c3ccccc3)c3ccccc3-c3c2ccc2c4cc[nH]c4n(-c4ccc(-c5ccc(-n6c7ccccc7c7cnccc76)cc5)cc4)c32)cc1. The predicted octanol–water partition coefficient (Wildman–Crippen LogP) is 12.6. The number of nitrogens with one attached hydrogen (secondary N) is 1. The zero-order valence-electron chi connectivity index (χ0n) is 30.4. The largest absolute Gasteiger partial charge is 0.347 e. The molecule has 0 radical (unpaired) electrons. The molecular formula is C52H34N4. The van der Waals surface area contributed by atoms with Crippen molar-refractivity contribution in [3.63, 3.8) is 0 Å². The molecule has 0 saturated carbocycles. The first-order valence-electron chi connectivity index (χ1n) is 19.2. The van der Waals surface area contributed by atoms with Crippen molar-refractivity contribution in [1.29, 1.82) is 0 Å². The van der Waals surface area contributed by atoms with E-state index >= 15 is 0 Å². The topological polar surface area (TPSA) is 38.5 Å². The van der Waals surface area contributed by atoms with E-state index in [1.165, 1.54) is 71.7 Å². The maximum absolute atomic E-state index is 4.42. The van der Waals surface area contributed by atoms with Crippen molar-refractivity contribution in [2.24, 2.45) is 0 Å². The van der Waals surface area contributed by atoms with Crippen molar-refractivity contribution in [2.45, 2.75) is 5.41 Å². The average Bonchev–Trinajstić information content (AvgIpc) is 4.03. The fourth-order valence-electron chi connectivity index (χ4n) is 9.80. The molecule has 0 unspecified atom stereocenters. The highest BCUT2D eigenvalue weighted by molar-refractivity contribution is 6.15. The van der Waals surface area contributed by atoms with E-state index in [0.29, 0.717) is 0 Å². The van der Waals surface area contributed by atoms with E-state index in [-0.39, 0.29) is 0 Å². The number of fused-ring (bicyclic) bond motifs is 10. The molecular weight excluding hydrogens is 681 g/mol. The zero-order chi connectivity index (χ0) is 36.8. The monoisotopic (exact) mass is 714 g/mol. The lowest BCUT2D eigenvalue weighted by molar-refractivity contribution is 0.769. The summed E-state index contributed by atoms with van der Waals surface area (Å²) < 4.78 is 4.77. The minimum absolute atomic E-state index is 0.461. The van der Waals surface area contributed by atoms with Crippen LogP contribution in [0.3, 0.4) is 0 Å². The molecule has 7 aromatic carbocycles. The van der Waals surface area contributed by atoms with Gasteiger partial charge in [0.1, 0.15) is 5.65 Å². The highest BCUT2D eigenvalue weighted by Crippen LogP contribution is 2.58. The fraction of sp³-hybridized carbons (Fsp3) is 0.0192. The molecule has 4 heteroatoms. The number of H-pyrrole nitrogens is 1. The molecule has 0 aliphatic heterocycles. The number of benzene rings is 7. The summed E-state index contributed by atoms with van der Waals surface area (Å²) in [6.07, 6.45) is 5.90. The minimum Gasteiger partial charge on any atom is -0.347 e. The molecule has 262 valence electrons. The smallest absolute Gasteiger partial charge is 0.123 e. The third-order valence-corrected chi connectivity index (χ3v) is 12.1. The quantitative estimate of drug-likeness (QED) is 0.189. The summed E-state index contributed by atoms with van der Waals surface area (Å²) in [7, 11) is 0. The van der Waals surface area contributed by atoms with Gasteiger partial charge in [-0.15, -0.1) is 0 Å². The second-order valence-corrected chi connectivity index (χ2v) is 14.8. The van der Waals surface area contributed by atoms with Crippen LogP contribution in [0.1, 0.15) is 22.3 Å². The number of aromatic amines is 1. The second kappa shape index (κ2) is 11.8. The van der Waals surface area contributed by atoms with Crippen LogP contribution in [0.4, 0.5) is 0 Å². The van der Waals surface area contributed by atoms with E-state index in [9.17, 15) is 0 Å².